The zero-order chi connectivity index (χ0) is 15.4. The Balaban J connectivity index is 2.22. The number of hydrogen-bond acceptors (Lipinski definition) is 3. The van der Waals surface area contributed by atoms with Crippen LogP contribution in [0.15, 0.2) is 24.3 Å². The first-order valence-electron chi connectivity index (χ1n) is 6.83. The summed E-state index contributed by atoms with van der Waals surface area (Å²) in [5, 5.41) is 4.45. The molecule has 6 heteroatoms. The summed E-state index contributed by atoms with van der Waals surface area (Å²) in [6.07, 6.45) is 0.859. The lowest BCUT2D eigenvalue weighted by Crippen LogP contribution is -2.14. The predicted octanol–water partition coefficient (Wildman–Crippen LogP) is 2.82. The molecule has 2 rings (SSSR count). The zero-order valence-electron chi connectivity index (χ0n) is 12.1. The first-order valence-corrected chi connectivity index (χ1v) is 7.24. The maximum absolute atomic E-state index is 13.8. The molecule has 0 aliphatic rings. The van der Waals surface area contributed by atoms with E-state index in [0.717, 1.165) is 24.4 Å². The van der Waals surface area contributed by atoms with E-state index in [1.165, 1.54) is 6.07 Å². The smallest absolute Gasteiger partial charge is 0.137 e. The molecule has 1 heterocycles. The van der Waals surface area contributed by atoms with Gasteiger partial charge in [-0.05, 0) is 31.5 Å². The van der Waals surface area contributed by atoms with Crippen LogP contribution in [0.4, 0.5) is 4.39 Å². The van der Waals surface area contributed by atoms with Crippen LogP contribution in [-0.4, -0.2) is 14.8 Å². The molecule has 1 aromatic heterocycles. The van der Waals surface area contributed by atoms with Crippen LogP contribution in [0.1, 0.15) is 30.8 Å². The van der Waals surface area contributed by atoms with Crippen molar-refractivity contribution in [3.63, 3.8) is 0 Å². The van der Waals surface area contributed by atoms with Gasteiger partial charge in [-0.15, -0.1) is 0 Å². The van der Waals surface area contributed by atoms with Gasteiger partial charge in [-0.2, -0.15) is 5.10 Å². The Morgan fingerprint density at radius 2 is 2.19 bits per heavy atom. The second-order valence-electron chi connectivity index (χ2n) is 4.56. The van der Waals surface area contributed by atoms with Gasteiger partial charge in [0.05, 0.1) is 17.0 Å². The Morgan fingerprint density at radius 3 is 2.81 bits per heavy atom. The number of nitrogens with two attached hydrogens (primary N) is 1. The lowest BCUT2D eigenvalue weighted by Gasteiger charge is -2.11. The molecule has 0 saturated heterocycles. The van der Waals surface area contributed by atoms with Crippen molar-refractivity contribution in [3.8, 4) is 5.75 Å². The van der Waals surface area contributed by atoms with Crippen molar-refractivity contribution in [2.45, 2.75) is 33.4 Å². The quantitative estimate of drug-likeness (QED) is 0.834. The van der Waals surface area contributed by atoms with E-state index in [0.29, 0.717) is 12.4 Å². The summed E-state index contributed by atoms with van der Waals surface area (Å²) in [6.45, 7) is 5.10. The maximum atomic E-state index is 13.8. The third kappa shape index (κ3) is 3.39. The van der Waals surface area contributed by atoms with Gasteiger partial charge in [0.25, 0.3) is 0 Å². The number of nitrogens with zero attached hydrogens (tertiary/aromatic N) is 2. The highest BCUT2D eigenvalue weighted by atomic mass is 32.1. The minimum absolute atomic E-state index is 0.0126. The summed E-state index contributed by atoms with van der Waals surface area (Å²) >= 11 is 4.88. The second kappa shape index (κ2) is 6.67. The molecule has 0 radical (unpaired) electrons. The molecule has 0 aliphatic heterocycles. The van der Waals surface area contributed by atoms with Crippen molar-refractivity contribution < 1.29 is 9.13 Å². The maximum Gasteiger partial charge on any atom is 0.137 e. The van der Waals surface area contributed by atoms with E-state index in [-0.39, 0.29) is 10.6 Å². The van der Waals surface area contributed by atoms with Crippen LogP contribution in [0.25, 0.3) is 0 Å². The molecule has 2 N–H and O–H groups in total. The van der Waals surface area contributed by atoms with Gasteiger partial charge in [0.15, 0.2) is 0 Å². The molecule has 0 aliphatic carbocycles. The van der Waals surface area contributed by atoms with Gasteiger partial charge in [0.1, 0.15) is 23.2 Å². The standard InChI is InChI=1S/C15H18FN3OS/c1-3-10-8-11(19(4-2)18-10)9-20-13-7-5-6-12(16)14(13)15(17)21/h5-8H,3-4,9H2,1-2H3,(H2,17,21). The fraction of sp³-hybridized carbons (Fsp3) is 0.333. The molecule has 1 aromatic carbocycles. The Morgan fingerprint density at radius 1 is 1.43 bits per heavy atom. The second-order valence-corrected chi connectivity index (χ2v) is 5.00. The van der Waals surface area contributed by atoms with Gasteiger partial charge in [-0.25, -0.2) is 4.39 Å². The molecule has 0 spiro atoms. The minimum Gasteiger partial charge on any atom is -0.486 e. The Kier molecular flexibility index (Phi) is 4.90. The molecule has 0 fully saturated rings. The first-order chi connectivity index (χ1) is 10.1. The van der Waals surface area contributed by atoms with Crippen molar-refractivity contribution in [1.29, 1.82) is 0 Å². The minimum atomic E-state index is -0.474. The Hall–Kier alpha value is -1.95. The Bertz CT molecular complexity index is 654. The molecule has 21 heavy (non-hydrogen) atoms. The monoisotopic (exact) mass is 307 g/mol. The highest BCUT2D eigenvalue weighted by Gasteiger charge is 2.13. The van der Waals surface area contributed by atoms with Crippen LogP contribution in [-0.2, 0) is 19.6 Å². The number of aryl methyl sites for hydroxylation is 2. The number of ether oxygens (including phenoxy) is 1. The number of aromatic nitrogens is 2. The topological polar surface area (TPSA) is 53.1 Å². The number of thiocarbonyl (C=S) groups is 1. The fourth-order valence-electron chi connectivity index (χ4n) is 2.09. The summed E-state index contributed by atoms with van der Waals surface area (Å²) in [4.78, 5) is -0.0126. The predicted molar refractivity (Wildman–Crippen MR) is 83.9 cm³/mol. The van der Waals surface area contributed by atoms with E-state index in [1.807, 2.05) is 24.6 Å². The van der Waals surface area contributed by atoms with Crippen LogP contribution in [0, 0.1) is 5.82 Å². The van der Waals surface area contributed by atoms with Crippen molar-refractivity contribution in [2.24, 2.45) is 5.73 Å². The van der Waals surface area contributed by atoms with Crippen LogP contribution in [0.2, 0.25) is 0 Å². The summed E-state index contributed by atoms with van der Waals surface area (Å²) in [5.74, 6) is -0.123. The molecule has 112 valence electrons. The molecule has 0 amide bonds. The van der Waals surface area contributed by atoms with Gasteiger partial charge < -0.3 is 10.5 Å². The van der Waals surface area contributed by atoms with Crippen molar-refractivity contribution in [2.75, 3.05) is 0 Å². The van der Waals surface area contributed by atoms with E-state index in [9.17, 15) is 4.39 Å². The average Bonchev–Trinajstić information content (AvgIpc) is 2.87. The van der Waals surface area contributed by atoms with Crippen LogP contribution < -0.4 is 10.5 Å². The van der Waals surface area contributed by atoms with Crippen LogP contribution in [0.5, 0.6) is 5.75 Å². The third-order valence-corrected chi connectivity index (χ3v) is 3.38. The first kappa shape index (κ1) is 15.4. The van der Waals surface area contributed by atoms with Crippen molar-refractivity contribution in [3.05, 3.63) is 47.0 Å². The summed E-state index contributed by atoms with van der Waals surface area (Å²) < 4.78 is 21.3. The highest BCUT2D eigenvalue weighted by Crippen LogP contribution is 2.22. The number of benzene rings is 1. The zero-order valence-corrected chi connectivity index (χ0v) is 12.9. The molecule has 0 atom stereocenters. The fourth-order valence-corrected chi connectivity index (χ4v) is 2.29. The normalized spacial score (nSPS) is 10.6. The van der Waals surface area contributed by atoms with E-state index in [2.05, 4.69) is 5.10 Å². The molecular weight excluding hydrogens is 289 g/mol. The van der Waals surface area contributed by atoms with E-state index >= 15 is 0 Å². The van der Waals surface area contributed by atoms with Gasteiger partial charge in [-0.1, -0.05) is 25.2 Å². The third-order valence-electron chi connectivity index (χ3n) is 3.17. The largest absolute Gasteiger partial charge is 0.486 e. The summed E-state index contributed by atoms with van der Waals surface area (Å²) in [7, 11) is 0. The van der Waals surface area contributed by atoms with Crippen molar-refractivity contribution in [1.82, 2.24) is 9.78 Å². The van der Waals surface area contributed by atoms with Gasteiger partial charge in [-0.3, -0.25) is 4.68 Å². The SMILES string of the molecule is CCc1cc(COc2cccc(F)c2C(N)=S)n(CC)n1. The lowest BCUT2D eigenvalue weighted by atomic mass is 10.2. The van der Waals surface area contributed by atoms with E-state index in [1.54, 1.807) is 12.1 Å². The lowest BCUT2D eigenvalue weighted by molar-refractivity contribution is 0.290. The number of rotatable bonds is 6. The molecule has 0 bridgehead atoms. The highest BCUT2D eigenvalue weighted by molar-refractivity contribution is 7.80. The Labute approximate surface area is 128 Å². The molecular formula is C15H18FN3OS. The van der Waals surface area contributed by atoms with Crippen LogP contribution >= 0.6 is 12.2 Å². The summed E-state index contributed by atoms with van der Waals surface area (Å²) in [6, 6.07) is 6.53. The van der Waals surface area contributed by atoms with Crippen LogP contribution in [0.3, 0.4) is 0 Å². The average molecular weight is 307 g/mol. The molecule has 0 unspecified atom stereocenters. The summed E-state index contributed by atoms with van der Waals surface area (Å²) in [5.41, 5.74) is 7.65. The number of halogens is 1. The van der Waals surface area contributed by atoms with Crippen molar-refractivity contribution >= 4 is 17.2 Å². The van der Waals surface area contributed by atoms with E-state index < -0.39 is 5.82 Å². The van der Waals surface area contributed by atoms with Gasteiger partial charge in [0.2, 0.25) is 0 Å². The van der Waals surface area contributed by atoms with Gasteiger partial charge >= 0.3 is 0 Å². The number of hydrogen-bond donors (Lipinski definition) is 1. The molecule has 0 saturated carbocycles. The molecule has 4 nitrogen and oxygen atoms in total. The molecule has 2 aromatic rings. The van der Waals surface area contributed by atoms with E-state index in [4.69, 9.17) is 22.7 Å². The van der Waals surface area contributed by atoms with Gasteiger partial charge in [0, 0.05) is 6.54 Å².